The molecule has 6 nitrogen and oxygen atoms in total. The predicted octanol–water partition coefficient (Wildman–Crippen LogP) is 3.67. The first-order valence-electron chi connectivity index (χ1n) is 10.9. The number of rotatable bonds is 9. The minimum atomic E-state index is 0.422. The molecule has 1 unspecified atom stereocenters. The number of likely N-dealkylation sites (tertiary alicyclic amines) is 1. The van der Waals surface area contributed by atoms with E-state index in [-0.39, 0.29) is 0 Å². The molecule has 7 heteroatoms. The predicted molar refractivity (Wildman–Crippen MR) is 123 cm³/mol. The van der Waals surface area contributed by atoms with Gasteiger partial charge in [-0.3, -0.25) is 9.89 Å². The maximum absolute atomic E-state index is 4.42. The number of aliphatic imine (C=N–C) groups is 1. The number of hydrogen-bond acceptors (Lipinski definition) is 4. The van der Waals surface area contributed by atoms with Crippen LogP contribution in [0.3, 0.4) is 0 Å². The Labute approximate surface area is 179 Å². The van der Waals surface area contributed by atoms with Crippen LogP contribution in [0.1, 0.15) is 49.4 Å². The molecule has 1 fully saturated rings. The molecule has 1 saturated heterocycles. The van der Waals surface area contributed by atoms with Gasteiger partial charge in [0.25, 0.3) is 0 Å². The summed E-state index contributed by atoms with van der Waals surface area (Å²) in [6.45, 7) is 9.64. The van der Waals surface area contributed by atoms with E-state index >= 15 is 0 Å². The molecule has 2 aromatic rings. The smallest absolute Gasteiger partial charge is 0.191 e. The number of nitrogens with zero attached hydrogens (tertiary/aromatic N) is 4. The summed E-state index contributed by atoms with van der Waals surface area (Å²) in [7, 11) is 1.85. The summed E-state index contributed by atoms with van der Waals surface area (Å²) in [5.41, 5.74) is 0. The van der Waals surface area contributed by atoms with Crippen LogP contribution in [0, 0.1) is 12.8 Å². The maximum atomic E-state index is 4.42. The van der Waals surface area contributed by atoms with Gasteiger partial charge in [-0.1, -0.05) is 13.0 Å². The van der Waals surface area contributed by atoms with Crippen molar-refractivity contribution in [3.63, 3.8) is 0 Å². The fourth-order valence-electron chi connectivity index (χ4n) is 3.90. The SMILES string of the molecule is CN=C(NCCCCn1ccnc1C)NCC(c1cccs1)N1CCC(C)CC1. The van der Waals surface area contributed by atoms with Gasteiger partial charge in [0.15, 0.2) is 5.96 Å². The fourth-order valence-corrected chi connectivity index (χ4v) is 4.76. The molecule has 3 heterocycles. The van der Waals surface area contributed by atoms with Crippen LogP contribution in [0.2, 0.25) is 0 Å². The van der Waals surface area contributed by atoms with Gasteiger partial charge in [0.2, 0.25) is 0 Å². The summed E-state index contributed by atoms with van der Waals surface area (Å²) in [5, 5.41) is 9.23. The standard InChI is InChI=1S/C22H36N6S/c1-18-8-13-28(14-9-18)20(21-7-6-16-29-21)17-26-22(23-3)25-10-4-5-12-27-15-11-24-19(27)2/h6-7,11,15-16,18,20H,4-5,8-10,12-14,17H2,1-3H3,(H2,23,25,26). The molecule has 0 bridgehead atoms. The van der Waals surface area contributed by atoms with Crippen molar-refractivity contribution in [2.24, 2.45) is 10.9 Å². The average Bonchev–Trinajstić information content (AvgIpc) is 3.40. The molecule has 0 amide bonds. The summed E-state index contributed by atoms with van der Waals surface area (Å²) >= 11 is 1.86. The van der Waals surface area contributed by atoms with E-state index in [4.69, 9.17) is 0 Å². The Morgan fingerprint density at radius 2 is 2.14 bits per heavy atom. The van der Waals surface area contributed by atoms with Gasteiger partial charge in [0, 0.05) is 44.0 Å². The third-order valence-corrected chi connectivity index (χ3v) is 6.83. The van der Waals surface area contributed by atoms with Gasteiger partial charge in [-0.05, 0) is 63.1 Å². The van der Waals surface area contributed by atoms with Crippen LogP contribution >= 0.6 is 11.3 Å². The van der Waals surface area contributed by atoms with Crippen molar-refractivity contribution >= 4 is 17.3 Å². The van der Waals surface area contributed by atoms with Crippen LogP contribution in [0.25, 0.3) is 0 Å². The Kier molecular flexibility index (Phi) is 8.55. The number of thiophene rings is 1. The summed E-state index contributed by atoms with van der Waals surface area (Å²) in [5.74, 6) is 2.83. The van der Waals surface area contributed by atoms with Crippen molar-refractivity contribution in [1.29, 1.82) is 0 Å². The van der Waals surface area contributed by atoms with Crippen molar-refractivity contribution in [3.05, 3.63) is 40.6 Å². The van der Waals surface area contributed by atoms with Gasteiger partial charge in [0.05, 0.1) is 6.04 Å². The number of piperidine rings is 1. The lowest BCUT2D eigenvalue weighted by Crippen LogP contribution is -2.45. The number of guanidine groups is 1. The normalized spacial score (nSPS) is 17.4. The zero-order valence-electron chi connectivity index (χ0n) is 18.1. The summed E-state index contributed by atoms with van der Waals surface area (Å²) in [6, 6.07) is 4.85. The molecule has 0 spiro atoms. The Balaban J connectivity index is 1.43. The van der Waals surface area contributed by atoms with Gasteiger partial charge in [0.1, 0.15) is 5.82 Å². The highest BCUT2D eigenvalue weighted by Gasteiger charge is 2.25. The molecule has 0 saturated carbocycles. The molecule has 0 aromatic carbocycles. The summed E-state index contributed by atoms with van der Waals surface area (Å²) in [4.78, 5) is 12.8. The lowest BCUT2D eigenvalue weighted by atomic mass is 9.97. The number of unbranched alkanes of at least 4 members (excludes halogenated alkanes) is 1. The molecule has 0 radical (unpaired) electrons. The molecule has 29 heavy (non-hydrogen) atoms. The highest BCUT2D eigenvalue weighted by Crippen LogP contribution is 2.29. The van der Waals surface area contributed by atoms with Gasteiger partial charge < -0.3 is 15.2 Å². The molecule has 3 rings (SSSR count). The highest BCUT2D eigenvalue weighted by atomic mass is 32.1. The second kappa shape index (κ2) is 11.4. The number of aryl methyl sites for hydroxylation is 2. The van der Waals surface area contributed by atoms with Crippen LogP contribution < -0.4 is 10.6 Å². The summed E-state index contributed by atoms with van der Waals surface area (Å²) < 4.78 is 2.21. The van der Waals surface area contributed by atoms with E-state index in [0.29, 0.717) is 6.04 Å². The van der Waals surface area contributed by atoms with Crippen LogP contribution in [0.4, 0.5) is 0 Å². The molecular weight excluding hydrogens is 380 g/mol. The van der Waals surface area contributed by atoms with Crippen molar-refractivity contribution in [1.82, 2.24) is 25.1 Å². The largest absolute Gasteiger partial charge is 0.356 e. The third-order valence-electron chi connectivity index (χ3n) is 5.86. The van der Waals surface area contributed by atoms with E-state index in [0.717, 1.165) is 50.2 Å². The van der Waals surface area contributed by atoms with E-state index in [9.17, 15) is 0 Å². The van der Waals surface area contributed by atoms with Crippen LogP contribution in [-0.4, -0.2) is 53.6 Å². The van der Waals surface area contributed by atoms with E-state index in [1.807, 2.05) is 24.6 Å². The lowest BCUT2D eigenvalue weighted by molar-refractivity contribution is 0.140. The average molecular weight is 417 g/mol. The second-order valence-corrected chi connectivity index (χ2v) is 8.98. The van der Waals surface area contributed by atoms with Crippen LogP contribution in [-0.2, 0) is 6.54 Å². The Morgan fingerprint density at radius 1 is 1.31 bits per heavy atom. The Hall–Kier alpha value is -1.86. The summed E-state index contributed by atoms with van der Waals surface area (Å²) in [6.07, 6.45) is 8.75. The molecule has 1 atom stereocenters. The van der Waals surface area contributed by atoms with Crippen molar-refractivity contribution < 1.29 is 0 Å². The monoisotopic (exact) mass is 416 g/mol. The van der Waals surface area contributed by atoms with E-state index < -0.39 is 0 Å². The molecule has 2 aromatic heterocycles. The molecular formula is C22H36N6S. The number of nitrogens with one attached hydrogen (secondary N) is 2. The van der Waals surface area contributed by atoms with Crippen LogP contribution in [0.5, 0.6) is 0 Å². The minimum absolute atomic E-state index is 0.422. The Bertz CT molecular complexity index is 730. The van der Waals surface area contributed by atoms with Crippen LogP contribution in [0.15, 0.2) is 34.9 Å². The van der Waals surface area contributed by atoms with E-state index in [1.54, 1.807) is 0 Å². The molecule has 2 N–H and O–H groups in total. The van der Waals surface area contributed by atoms with Gasteiger partial charge in [-0.25, -0.2) is 4.98 Å². The van der Waals surface area contributed by atoms with Gasteiger partial charge >= 0.3 is 0 Å². The Morgan fingerprint density at radius 3 is 2.79 bits per heavy atom. The number of aromatic nitrogens is 2. The lowest BCUT2D eigenvalue weighted by Gasteiger charge is -2.36. The quantitative estimate of drug-likeness (QED) is 0.372. The first-order valence-corrected chi connectivity index (χ1v) is 11.7. The first-order chi connectivity index (χ1) is 14.2. The zero-order valence-corrected chi connectivity index (χ0v) is 18.9. The zero-order chi connectivity index (χ0) is 20.5. The maximum Gasteiger partial charge on any atom is 0.191 e. The molecule has 160 valence electrons. The van der Waals surface area contributed by atoms with Gasteiger partial charge in [-0.2, -0.15) is 0 Å². The number of imidazole rings is 1. The second-order valence-electron chi connectivity index (χ2n) is 8.00. The van der Waals surface area contributed by atoms with Crippen molar-refractivity contribution in [2.75, 3.05) is 33.2 Å². The molecule has 1 aliphatic rings. The third kappa shape index (κ3) is 6.57. The van der Waals surface area contributed by atoms with E-state index in [2.05, 4.69) is 67.6 Å². The minimum Gasteiger partial charge on any atom is -0.356 e. The molecule has 0 aliphatic carbocycles. The van der Waals surface area contributed by atoms with Crippen molar-refractivity contribution in [3.8, 4) is 0 Å². The molecule has 1 aliphatic heterocycles. The van der Waals surface area contributed by atoms with Crippen molar-refractivity contribution in [2.45, 2.75) is 52.1 Å². The fraction of sp³-hybridized carbons (Fsp3) is 0.636. The first kappa shape index (κ1) is 21.8. The topological polar surface area (TPSA) is 57.5 Å². The number of hydrogen-bond donors (Lipinski definition) is 2. The van der Waals surface area contributed by atoms with Gasteiger partial charge in [-0.15, -0.1) is 11.3 Å². The highest BCUT2D eigenvalue weighted by molar-refractivity contribution is 7.10. The van der Waals surface area contributed by atoms with E-state index in [1.165, 1.54) is 30.8 Å².